The van der Waals surface area contributed by atoms with E-state index in [9.17, 15) is 4.79 Å². The zero-order valence-electron chi connectivity index (χ0n) is 19.6. The van der Waals surface area contributed by atoms with Crippen LogP contribution < -0.4 is 5.48 Å². The first-order valence-corrected chi connectivity index (χ1v) is 13.0. The highest BCUT2D eigenvalue weighted by Crippen LogP contribution is 2.43. The van der Waals surface area contributed by atoms with Gasteiger partial charge in [-0.25, -0.2) is 5.48 Å². The maximum atomic E-state index is 11.6. The third kappa shape index (κ3) is 6.70. The van der Waals surface area contributed by atoms with Gasteiger partial charge in [-0.05, 0) is 69.7 Å². The molecule has 3 rings (SSSR count). The van der Waals surface area contributed by atoms with Gasteiger partial charge in [-0.3, -0.25) is 14.3 Å². The van der Waals surface area contributed by atoms with E-state index in [1.807, 2.05) is 11.9 Å². The topological polar surface area (TPSA) is 55.8 Å². The van der Waals surface area contributed by atoms with Crippen molar-refractivity contribution in [1.29, 1.82) is 0 Å². The van der Waals surface area contributed by atoms with Crippen LogP contribution in [-0.2, 0) is 4.79 Å². The second kappa shape index (κ2) is 11.7. The van der Waals surface area contributed by atoms with E-state index < -0.39 is 0 Å². The first kappa shape index (κ1) is 24.6. The number of carbonyl (C=O) groups excluding carboxylic acids is 1. The Morgan fingerprint density at radius 1 is 1.26 bits per heavy atom. The summed E-state index contributed by atoms with van der Waals surface area (Å²) in [7, 11) is 0. The molecule has 3 atom stereocenters. The molecule has 0 aromatic rings. The Morgan fingerprint density at radius 3 is 2.55 bits per heavy atom. The van der Waals surface area contributed by atoms with Gasteiger partial charge in [-0.15, -0.1) is 0 Å². The van der Waals surface area contributed by atoms with E-state index in [0.29, 0.717) is 11.2 Å². The Labute approximate surface area is 193 Å². The zero-order valence-corrected chi connectivity index (χ0v) is 20.4. The third-order valence-corrected chi connectivity index (χ3v) is 8.73. The Balaban J connectivity index is 1.45. The van der Waals surface area contributed by atoms with Crippen LogP contribution in [-0.4, -0.2) is 58.3 Å². The van der Waals surface area contributed by atoms with Gasteiger partial charge in [0.05, 0.1) is 0 Å². The number of hydrogen-bond donors (Lipinski definition) is 2. The average Bonchev–Trinajstić information content (AvgIpc) is 2.81. The molecular formula is C25H41N3O2S. The second-order valence-corrected chi connectivity index (χ2v) is 10.8. The van der Waals surface area contributed by atoms with E-state index in [4.69, 9.17) is 5.21 Å². The lowest BCUT2D eigenvalue weighted by Gasteiger charge is -2.37. The Morgan fingerprint density at radius 2 is 2.00 bits per heavy atom. The standard InChI is InChI=1S/C25H41N3O2S/c1-4-27(5-2)17-12-20-6-8-22(9-7-20)25(3)15-10-23(11-16-25)31-28-18-13-21(14-19-28)24(29)26-30/h6,8-10,15,20-21,23,30H,4-5,7,11-14,16-19H2,1-3H3,(H,26,29)/t20?,23?,25-/m1/s1. The number of nitrogens with zero attached hydrogens (tertiary/aromatic N) is 2. The smallest absolute Gasteiger partial charge is 0.246 e. The molecule has 0 aromatic carbocycles. The molecule has 0 bridgehead atoms. The summed E-state index contributed by atoms with van der Waals surface area (Å²) in [6.45, 7) is 12.2. The quantitative estimate of drug-likeness (QED) is 0.230. The number of piperidine rings is 1. The molecule has 0 spiro atoms. The van der Waals surface area contributed by atoms with Crippen LogP contribution in [0.15, 0.2) is 36.0 Å². The van der Waals surface area contributed by atoms with Gasteiger partial charge in [0.25, 0.3) is 0 Å². The summed E-state index contributed by atoms with van der Waals surface area (Å²) in [4.78, 5) is 14.1. The SMILES string of the molecule is CCN(CC)CCC1C=CC([C@]2(C)C=CC(SN3CCC(C(=O)NO)CC3)CC2)=CC1. The van der Waals surface area contributed by atoms with Crippen molar-refractivity contribution in [3.05, 3.63) is 36.0 Å². The Bertz CT molecular complexity index is 680. The summed E-state index contributed by atoms with van der Waals surface area (Å²) < 4.78 is 2.40. The van der Waals surface area contributed by atoms with Crippen LogP contribution in [0.3, 0.4) is 0 Å². The third-order valence-electron chi connectivity index (χ3n) is 7.40. The van der Waals surface area contributed by atoms with Crippen LogP contribution in [0.25, 0.3) is 0 Å². The molecule has 31 heavy (non-hydrogen) atoms. The van der Waals surface area contributed by atoms with Gasteiger partial charge in [-0.1, -0.05) is 63.1 Å². The highest BCUT2D eigenvalue weighted by molar-refractivity contribution is 7.97. The first-order chi connectivity index (χ1) is 15.0. The van der Waals surface area contributed by atoms with Crippen LogP contribution in [0, 0.1) is 17.3 Å². The zero-order chi connectivity index (χ0) is 22.3. The molecule has 3 aliphatic rings. The van der Waals surface area contributed by atoms with E-state index in [1.54, 1.807) is 5.48 Å². The molecular weight excluding hydrogens is 406 g/mol. The molecule has 2 aliphatic carbocycles. The number of amides is 1. The van der Waals surface area contributed by atoms with Crippen LogP contribution in [0.5, 0.6) is 0 Å². The van der Waals surface area contributed by atoms with Crippen molar-refractivity contribution in [1.82, 2.24) is 14.7 Å². The van der Waals surface area contributed by atoms with E-state index in [0.717, 1.165) is 39.0 Å². The highest BCUT2D eigenvalue weighted by atomic mass is 32.2. The van der Waals surface area contributed by atoms with Gasteiger partial charge in [0.2, 0.25) is 5.91 Å². The lowest BCUT2D eigenvalue weighted by Crippen LogP contribution is -2.38. The number of rotatable bonds is 9. The van der Waals surface area contributed by atoms with E-state index >= 15 is 0 Å². The summed E-state index contributed by atoms with van der Waals surface area (Å²) in [5, 5.41) is 9.34. The van der Waals surface area contributed by atoms with E-state index in [1.165, 1.54) is 37.8 Å². The molecule has 174 valence electrons. The van der Waals surface area contributed by atoms with Crippen molar-refractivity contribution >= 4 is 17.9 Å². The van der Waals surface area contributed by atoms with E-state index in [-0.39, 0.29) is 17.2 Å². The van der Waals surface area contributed by atoms with Crippen LogP contribution in [0.2, 0.25) is 0 Å². The van der Waals surface area contributed by atoms with Crippen molar-refractivity contribution in [2.75, 3.05) is 32.7 Å². The molecule has 0 saturated carbocycles. The predicted octanol–water partition coefficient (Wildman–Crippen LogP) is 4.81. The van der Waals surface area contributed by atoms with E-state index in [2.05, 4.69) is 60.4 Å². The number of allylic oxidation sites excluding steroid dienone is 5. The molecule has 1 aliphatic heterocycles. The van der Waals surface area contributed by atoms with Gasteiger partial charge < -0.3 is 4.90 Å². The second-order valence-electron chi connectivity index (χ2n) is 9.47. The summed E-state index contributed by atoms with van der Waals surface area (Å²) in [6, 6.07) is 0. The molecule has 2 unspecified atom stereocenters. The first-order valence-electron chi connectivity index (χ1n) is 12.1. The highest BCUT2D eigenvalue weighted by Gasteiger charge is 2.32. The molecule has 6 heteroatoms. The van der Waals surface area contributed by atoms with Gasteiger partial charge in [-0.2, -0.15) is 0 Å². The van der Waals surface area contributed by atoms with Crippen LogP contribution >= 0.6 is 11.9 Å². The lowest BCUT2D eigenvalue weighted by atomic mass is 9.72. The molecule has 2 N–H and O–H groups in total. The maximum absolute atomic E-state index is 11.6. The molecule has 0 radical (unpaired) electrons. The number of hydrogen-bond acceptors (Lipinski definition) is 5. The maximum Gasteiger partial charge on any atom is 0.246 e. The van der Waals surface area contributed by atoms with Gasteiger partial charge in [0.15, 0.2) is 0 Å². The summed E-state index contributed by atoms with van der Waals surface area (Å²) in [5.41, 5.74) is 3.45. The van der Waals surface area contributed by atoms with Crippen molar-refractivity contribution in [2.45, 2.75) is 64.5 Å². The van der Waals surface area contributed by atoms with Crippen LogP contribution in [0.4, 0.5) is 0 Å². The summed E-state index contributed by atoms with van der Waals surface area (Å²) in [6.07, 6.45) is 18.6. The monoisotopic (exact) mass is 447 g/mol. The minimum absolute atomic E-state index is 0.0482. The van der Waals surface area contributed by atoms with Gasteiger partial charge in [0.1, 0.15) is 0 Å². The summed E-state index contributed by atoms with van der Waals surface area (Å²) >= 11 is 1.93. The number of nitrogens with one attached hydrogen (secondary N) is 1. The Kier molecular flexibility index (Phi) is 9.26. The van der Waals surface area contributed by atoms with Crippen molar-refractivity contribution < 1.29 is 10.0 Å². The minimum Gasteiger partial charge on any atom is -0.304 e. The van der Waals surface area contributed by atoms with Gasteiger partial charge in [0, 0.05) is 29.7 Å². The number of hydroxylamine groups is 1. The summed E-state index contributed by atoms with van der Waals surface area (Å²) in [5.74, 6) is 0.398. The van der Waals surface area contributed by atoms with Gasteiger partial charge >= 0.3 is 0 Å². The van der Waals surface area contributed by atoms with Crippen molar-refractivity contribution in [3.8, 4) is 0 Å². The fourth-order valence-electron chi connectivity index (χ4n) is 4.97. The van der Waals surface area contributed by atoms with Crippen molar-refractivity contribution in [3.63, 3.8) is 0 Å². The minimum atomic E-state index is -0.234. The average molecular weight is 448 g/mol. The fraction of sp³-hybridized carbons (Fsp3) is 0.720. The normalized spacial score (nSPS) is 29.9. The molecule has 1 heterocycles. The van der Waals surface area contributed by atoms with Crippen LogP contribution in [0.1, 0.15) is 59.3 Å². The largest absolute Gasteiger partial charge is 0.304 e. The molecule has 1 saturated heterocycles. The molecule has 5 nitrogen and oxygen atoms in total. The number of carbonyl (C=O) groups is 1. The lowest BCUT2D eigenvalue weighted by molar-refractivity contribution is -0.134. The molecule has 0 aromatic heterocycles. The predicted molar refractivity (Wildman–Crippen MR) is 130 cm³/mol. The molecule has 1 fully saturated rings. The van der Waals surface area contributed by atoms with Crippen molar-refractivity contribution in [2.24, 2.45) is 17.3 Å². The fourth-order valence-corrected chi connectivity index (χ4v) is 6.14. The Hall–Kier alpha value is -1.08. The molecule has 1 amide bonds.